The fourth-order valence-electron chi connectivity index (χ4n) is 1.91. The van der Waals surface area contributed by atoms with Crippen molar-refractivity contribution < 1.29 is 9.59 Å². The number of hydrogen-bond donors (Lipinski definition) is 2. The van der Waals surface area contributed by atoms with E-state index in [9.17, 15) is 9.59 Å². The van der Waals surface area contributed by atoms with Gasteiger partial charge >= 0.3 is 0 Å². The van der Waals surface area contributed by atoms with Crippen molar-refractivity contribution in [3.8, 4) is 0 Å². The average Bonchev–Trinajstić information content (AvgIpc) is 2.58. The Labute approximate surface area is 99.6 Å². The Balaban J connectivity index is 2.01. The van der Waals surface area contributed by atoms with Crippen molar-refractivity contribution in [1.29, 1.82) is 0 Å². The Morgan fingerprint density at radius 2 is 2.29 bits per heavy atom. The van der Waals surface area contributed by atoms with Gasteiger partial charge in [0.2, 0.25) is 5.91 Å². The number of anilines is 1. The van der Waals surface area contributed by atoms with Crippen LogP contribution in [0.25, 0.3) is 0 Å². The number of carbonyl (C=O) groups is 2. The van der Waals surface area contributed by atoms with Gasteiger partial charge in [-0.25, -0.2) is 0 Å². The molecule has 1 heterocycles. The molecule has 0 saturated carbocycles. The summed E-state index contributed by atoms with van der Waals surface area (Å²) >= 11 is 0. The van der Waals surface area contributed by atoms with Crippen molar-refractivity contribution in [2.45, 2.75) is 12.5 Å². The van der Waals surface area contributed by atoms with Crippen LogP contribution in [0.2, 0.25) is 0 Å². The maximum atomic E-state index is 11.9. The number of nitrogens with zero attached hydrogens (tertiary/aromatic N) is 1. The number of carbonyl (C=O) groups excluding carboxylic acids is 2. The van der Waals surface area contributed by atoms with Gasteiger partial charge in [0, 0.05) is 31.3 Å². The molecule has 0 aliphatic carbocycles. The van der Waals surface area contributed by atoms with Crippen molar-refractivity contribution in [3.05, 3.63) is 29.8 Å². The molecule has 5 heteroatoms. The Morgan fingerprint density at radius 3 is 2.88 bits per heavy atom. The molecule has 1 unspecified atom stereocenters. The van der Waals surface area contributed by atoms with Crippen LogP contribution in [-0.2, 0) is 4.79 Å². The van der Waals surface area contributed by atoms with E-state index in [0.29, 0.717) is 24.2 Å². The van der Waals surface area contributed by atoms with E-state index >= 15 is 0 Å². The van der Waals surface area contributed by atoms with Gasteiger partial charge in [-0.3, -0.25) is 9.59 Å². The van der Waals surface area contributed by atoms with Gasteiger partial charge in [-0.2, -0.15) is 0 Å². The summed E-state index contributed by atoms with van der Waals surface area (Å²) in [6.45, 7) is 0.562. The second-order valence-electron chi connectivity index (χ2n) is 4.27. The first-order valence-corrected chi connectivity index (χ1v) is 5.46. The van der Waals surface area contributed by atoms with Crippen LogP contribution in [0.1, 0.15) is 16.8 Å². The minimum absolute atomic E-state index is 0.0582. The molecule has 17 heavy (non-hydrogen) atoms. The highest BCUT2D eigenvalue weighted by atomic mass is 16.2. The first kappa shape index (κ1) is 11.4. The van der Waals surface area contributed by atoms with Gasteiger partial charge in [-0.05, 0) is 18.2 Å². The van der Waals surface area contributed by atoms with Crippen molar-refractivity contribution >= 4 is 17.5 Å². The lowest BCUT2D eigenvalue weighted by atomic mass is 10.1. The van der Waals surface area contributed by atoms with Crippen molar-refractivity contribution in [3.63, 3.8) is 0 Å². The smallest absolute Gasteiger partial charge is 0.251 e. The van der Waals surface area contributed by atoms with Crippen LogP contribution < -0.4 is 11.1 Å². The molecule has 2 rings (SSSR count). The number of nitrogens with one attached hydrogen (secondary N) is 1. The number of rotatable bonds is 2. The lowest BCUT2D eigenvalue weighted by Crippen LogP contribution is -2.36. The predicted molar refractivity (Wildman–Crippen MR) is 64.4 cm³/mol. The lowest BCUT2D eigenvalue weighted by Gasteiger charge is -2.12. The summed E-state index contributed by atoms with van der Waals surface area (Å²) in [6, 6.07) is 6.67. The van der Waals surface area contributed by atoms with Crippen LogP contribution in [0.4, 0.5) is 5.69 Å². The summed E-state index contributed by atoms with van der Waals surface area (Å²) in [5.74, 6) is -0.131. The molecule has 0 aromatic heterocycles. The predicted octanol–water partition coefficient (Wildman–Crippen LogP) is 0.229. The van der Waals surface area contributed by atoms with E-state index in [1.807, 2.05) is 0 Å². The zero-order chi connectivity index (χ0) is 12.4. The van der Waals surface area contributed by atoms with Gasteiger partial charge in [0.15, 0.2) is 0 Å². The molecule has 1 aromatic carbocycles. The number of benzene rings is 1. The molecule has 90 valence electrons. The Kier molecular flexibility index (Phi) is 2.99. The maximum Gasteiger partial charge on any atom is 0.251 e. The van der Waals surface area contributed by atoms with Gasteiger partial charge in [-0.1, -0.05) is 6.07 Å². The van der Waals surface area contributed by atoms with E-state index in [2.05, 4.69) is 5.32 Å². The van der Waals surface area contributed by atoms with Crippen LogP contribution in [0.15, 0.2) is 24.3 Å². The van der Waals surface area contributed by atoms with Crippen LogP contribution >= 0.6 is 0 Å². The molecule has 1 aliphatic rings. The fraction of sp³-hybridized carbons (Fsp3) is 0.333. The third-order valence-electron chi connectivity index (χ3n) is 2.83. The summed E-state index contributed by atoms with van der Waals surface area (Å²) in [7, 11) is 1.73. The molecule has 5 nitrogen and oxygen atoms in total. The molecule has 1 aliphatic heterocycles. The summed E-state index contributed by atoms with van der Waals surface area (Å²) < 4.78 is 0. The molecular formula is C12H15N3O2. The highest BCUT2D eigenvalue weighted by molar-refractivity contribution is 5.95. The topological polar surface area (TPSA) is 75.4 Å². The molecule has 1 aromatic rings. The number of likely N-dealkylation sites (N-methyl/N-ethyl adjacent to an activating group) is 1. The zero-order valence-electron chi connectivity index (χ0n) is 9.64. The molecule has 1 atom stereocenters. The number of amides is 2. The van der Waals surface area contributed by atoms with Gasteiger partial charge in [-0.15, -0.1) is 0 Å². The molecule has 0 bridgehead atoms. The number of hydrogen-bond acceptors (Lipinski definition) is 3. The third kappa shape index (κ3) is 2.55. The van der Waals surface area contributed by atoms with Crippen molar-refractivity contribution in [2.24, 2.45) is 0 Å². The third-order valence-corrected chi connectivity index (χ3v) is 2.83. The largest absolute Gasteiger partial charge is 0.399 e. The molecule has 3 N–H and O–H groups in total. The summed E-state index contributed by atoms with van der Waals surface area (Å²) in [5, 5.41) is 2.83. The molecule has 1 fully saturated rings. The van der Waals surface area contributed by atoms with Crippen LogP contribution in [0.3, 0.4) is 0 Å². The molecule has 0 spiro atoms. The monoisotopic (exact) mass is 233 g/mol. The standard InChI is InChI=1S/C12H15N3O2/c1-15-7-10(6-11(15)16)14-12(17)8-3-2-4-9(13)5-8/h2-5,10H,6-7,13H2,1H3,(H,14,17). The second-order valence-corrected chi connectivity index (χ2v) is 4.27. The number of likely N-dealkylation sites (tertiary alicyclic amines) is 1. The van der Waals surface area contributed by atoms with Gasteiger partial charge in [0.25, 0.3) is 5.91 Å². The Hall–Kier alpha value is -2.04. The molecule has 0 radical (unpaired) electrons. The molecular weight excluding hydrogens is 218 g/mol. The minimum Gasteiger partial charge on any atom is -0.399 e. The van der Waals surface area contributed by atoms with Crippen LogP contribution in [0.5, 0.6) is 0 Å². The van der Waals surface area contributed by atoms with E-state index in [-0.39, 0.29) is 17.9 Å². The first-order valence-electron chi connectivity index (χ1n) is 5.46. The van der Waals surface area contributed by atoms with E-state index in [1.165, 1.54) is 0 Å². The van der Waals surface area contributed by atoms with Crippen molar-refractivity contribution in [1.82, 2.24) is 10.2 Å². The highest BCUT2D eigenvalue weighted by Crippen LogP contribution is 2.11. The summed E-state index contributed by atoms with van der Waals surface area (Å²) in [5.41, 5.74) is 6.68. The zero-order valence-corrected chi connectivity index (χ0v) is 9.64. The van der Waals surface area contributed by atoms with Gasteiger partial charge in [0.05, 0.1) is 6.04 Å². The minimum atomic E-state index is -0.189. The van der Waals surface area contributed by atoms with E-state index in [1.54, 1.807) is 36.2 Å². The normalized spacial score (nSPS) is 19.5. The van der Waals surface area contributed by atoms with E-state index < -0.39 is 0 Å². The first-order chi connectivity index (χ1) is 8.06. The number of nitrogens with two attached hydrogens (primary N) is 1. The SMILES string of the molecule is CN1CC(NC(=O)c2cccc(N)c2)CC1=O. The second kappa shape index (κ2) is 4.45. The lowest BCUT2D eigenvalue weighted by molar-refractivity contribution is -0.126. The van der Waals surface area contributed by atoms with Crippen molar-refractivity contribution in [2.75, 3.05) is 19.3 Å². The molecule has 1 saturated heterocycles. The number of nitrogen functional groups attached to an aromatic ring is 1. The average molecular weight is 233 g/mol. The summed E-state index contributed by atoms with van der Waals surface area (Å²) in [6.07, 6.45) is 0.366. The van der Waals surface area contributed by atoms with E-state index in [4.69, 9.17) is 5.73 Å². The Bertz CT molecular complexity index is 459. The van der Waals surface area contributed by atoms with Crippen LogP contribution in [0, 0.1) is 0 Å². The van der Waals surface area contributed by atoms with E-state index in [0.717, 1.165) is 0 Å². The quantitative estimate of drug-likeness (QED) is 0.718. The Morgan fingerprint density at radius 1 is 1.53 bits per heavy atom. The maximum absolute atomic E-state index is 11.9. The molecule has 2 amide bonds. The van der Waals surface area contributed by atoms with Crippen LogP contribution in [-0.4, -0.2) is 36.3 Å². The highest BCUT2D eigenvalue weighted by Gasteiger charge is 2.27. The van der Waals surface area contributed by atoms with Gasteiger partial charge in [0.1, 0.15) is 0 Å². The summed E-state index contributed by atoms with van der Waals surface area (Å²) in [4.78, 5) is 24.8. The van der Waals surface area contributed by atoms with Gasteiger partial charge < -0.3 is 16.0 Å². The fourth-order valence-corrected chi connectivity index (χ4v) is 1.91.